The Labute approximate surface area is 64.5 Å². The topological polar surface area (TPSA) is 52.0 Å². The lowest BCUT2D eigenvalue weighted by atomic mass is 9.99. The van der Waals surface area contributed by atoms with Gasteiger partial charge >= 0.3 is 0 Å². The molecule has 0 saturated heterocycles. The van der Waals surface area contributed by atoms with Crippen molar-refractivity contribution in [2.45, 2.75) is 25.3 Å². The number of hydrogen-bond donors (Lipinski definition) is 1. The van der Waals surface area contributed by atoms with E-state index >= 15 is 0 Å². The summed E-state index contributed by atoms with van der Waals surface area (Å²) in [5, 5.41) is 3.73. The summed E-state index contributed by atoms with van der Waals surface area (Å²) in [6, 6.07) is 0.198. The highest BCUT2D eigenvalue weighted by Gasteiger charge is 2.54. The van der Waals surface area contributed by atoms with Crippen molar-refractivity contribution in [1.29, 1.82) is 0 Å². The summed E-state index contributed by atoms with van der Waals surface area (Å²) in [7, 11) is 0. The highest BCUT2D eigenvalue weighted by atomic mass is 16.5. The molecule has 11 heavy (non-hydrogen) atoms. The number of aromatic nitrogens is 1. The first kappa shape index (κ1) is 5.77. The molecule has 0 aliphatic heterocycles. The van der Waals surface area contributed by atoms with Crippen molar-refractivity contribution in [3.8, 4) is 0 Å². The van der Waals surface area contributed by atoms with Crippen molar-refractivity contribution in [1.82, 2.24) is 5.16 Å². The van der Waals surface area contributed by atoms with Gasteiger partial charge in [0, 0.05) is 18.0 Å². The van der Waals surface area contributed by atoms with E-state index in [0.717, 1.165) is 17.7 Å². The molecule has 2 aliphatic rings. The molecule has 1 aromatic rings. The lowest BCUT2D eigenvalue weighted by Gasteiger charge is -2.11. The maximum atomic E-state index is 6.03. The van der Waals surface area contributed by atoms with Crippen LogP contribution in [0, 0.1) is 5.41 Å². The zero-order valence-corrected chi connectivity index (χ0v) is 6.21. The lowest BCUT2D eigenvalue weighted by Crippen LogP contribution is -2.17. The molecule has 3 nitrogen and oxygen atoms in total. The van der Waals surface area contributed by atoms with Crippen LogP contribution in [-0.2, 0) is 6.42 Å². The lowest BCUT2D eigenvalue weighted by molar-refractivity contribution is 0.354. The van der Waals surface area contributed by atoms with E-state index in [1.165, 1.54) is 12.8 Å². The highest BCUT2D eigenvalue weighted by Crippen LogP contribution is 2.60. The molecule has 1 fully saturated rings. The Balaban J connectivity index is 2.12. The van der Waals surface area contributed by atoms with Crippen LogP contribution in [0.3, 0.4) is 0 Å². The van der Waals surface area contributed by atoms with Gasteiger partial charge in [0.15, 0.2) is 0 Å². The number of nitrogens with zero attached hydrogens (tertiary/aromatic N) is 1. The second-order valence-electron chi connectivity index (χ2n) is 3.72. The van der Waals surface area contributed by atoms with Gasteiger partial charge in [0.2, 0.25) is 0 Å². The van der Waals surface area contributed by atoms with Crippen molar-refractivity contribution in [3.63, 3.8) is 0 Å². The smallest absolute Gasteiger partial charge is 0.142 e. The van der Waals surface area contributed by atoms with E-state index in [4.69, 9.17) is 10.3 Å². The fourth-order valence-electron chi connectivity index (χ4n) is 2.07. The van der Waals surface area contributed by atoms with Gasteiger partial charge in [-0.15, -0.1) is 0 Å². The van der Waals surface area contributed by atoms with Crippen LogP contribution in [0.25, 0.3) is 0 Å². The Hall–Kier alpha value is -0.830. The molecule has 2 N–H and O–H groups in total. The molecule has 0 amide bonds. The first-order chi connectivity index (χ1) is 5.32. The molecule has 1 atom stereocenters. The second-order valence-corrected chi connectivity index (χ2v) is 3.72. The normalized spacial score (nSPS) is 30.8. The number of rotatable bonds is 0. The van der Waals surface area contributed by atoms with Gasteiger partial charge in [0.1, 0.15) is 5.76 Å². The van der Waals surface area contributed by atoms with Crippen LogP contribution in [0.2, 0.25) is 0 Å². The Morgan fingerprint density at radius 3 is 3.09 bits per heavy atom. The summed E-state index contributed by atoms with van der Waals surface area (Å²) in [6.45, 7) is 0. The molecule has 58 valence electrons. The van der Waals surface area contributed by atoms with E-state index in [0.29, 0.717) is 5.41 Å². The van der Waals surface area contributed by atoms with E-state index in [1.54, 1.807) is 6.20 Å². The predicted molar refractivity (Wildman–Crippen MR) is 38.8 cm³/mol. The van der Waals surface area contributed by atoms with Crippen LogP contribution in [0.4, 0.5) is 0 Å². The minimum Gasteiger partial charge on any atom is -0.361 e. The third-order valence-electron chi connectivity index (χ3n) is 3.08. The standard InChI is InChI=1S/C8H10N2O/c9-7-5-4-10-11-6(5)3-8(7)1-2-8/h4,7H,1-3,9H2. The van der Waals surface area contributed by atoms with Crippen molar-refractivity contribution in [2.24, 2.45) is 11.1 Å². The number of hydrogen-bond acceptors (Lipinski definition) is 3. The second kappa shape index (κ2) is 1.50. The van der Waals surface area contributed by atoms with Crippen LogP contribution in [0.5, 0.6) is 0 Å². The van der Waals surface area contributed by atoms with Crippen molar-refractivity contribution >= 4 is 0 Å². The van der Waals surface area contributed by atoms with Gasteiger partial charge in [-0.2, -0.15) is 0 Å². The summed E-state index contributed by atoms with van der Waals surface area (Å²) in [4.78, 5) is 0. The number of fused-ring (bicyclic) bond motifs is 1. The van der Waals surface area contributed by atoms with E-state index < -0.39 is 0 Å². The summed E-state index contributed by atoms with van der Waals surface area (Å²) in [5.74, 6) is 1.02. The maximum Gasteiger partial charge on any atom is 0.142 e. The van der Waals surface area contributed by atoms with Crippen LogP contribution in [0.1, 0.15) is 30.2 Å². The fourth-order valence-corrected chi connectivity index (χ4v) is 2.07. The first-order valence-electron chi connectivity index (χ1n) is 4.01. The Morgan fingerprint density at radius 1 is 1.64 bits per heavy atom. The van der Waals surface area contributed by atoms with Gasteiger partial charge in [-0.05, 0) is 18.3 Å². The van der Waals surface area contributed by atoms with E-state index in [9.17, 15) is 0 Å². The molecule has 1 heterocycles. The SMILES string of the molecule is NC1c2cnoc2CC12CC2. The highest BCUT2D eigenvalue weighted by molar-refractivity contribution is 5.32. The van der Waals surface area contributed by atoms with E-state index in [-0.39, 0.29) is 6.04 Å². The molecule has 3 rings (SSSR count). The van der Waals surface area contributed by atoms with Crippen LogP contribution < -0.4 is 5.73 Å². The van der Waals surface area contributed by atoms with Crippen LogP contribution in [0.15, 0.2) is 10.7 Å². The van der Waals surface area contributed by atoms with E-state index in [2.05, 4.69) is 5.16 Å². The van der Waals surface area contributed by atoms with Crippen molar-refractivity contribution < 1.29 is 4.52 Å². The zero-order chi connectivity index (χ0) is 7.47. The quantitative estimate of drug-likeness (QED) is 0.600. The van der Waals surface area contributed by atoms with Gasteiger partial charge < -0.3 is 10.3 Å². The van der Waals surface area contributed by atoms with Crippen LogP contribution in [-0.4, -0.2) is 5.16 Å². The fraction of sp³-hybridized carbons (Fsp3) is 0.625. The van der Waals surface area contributed by atoms with Gasteiger partial charge in [0.25, 0.3) is 0 Å². The average Bonchev–Trinajstić information content (AvgIpc) is 2.53. The summed E-state index contributed by atoms with van der Waals surface area (Å²) >= 11 is 0. The minimum atomic E-state index is 0.198. The first-order valence-corrected chi connectivity index (χ1v) is 4.01. The van der Waals surface area contributed by atoms with E-state index in [1.807, 2.05) is 0 Å². The summed E-state index contributed by atoms with van der Waals surface area (Å²) in [6.07, 6.45) is 5.31. The molecule has 1 saturated carbocycles. The Bertz CT molecular complexity index is 301. The minimum absolute atomic E-state index is 0.198. The molecule has 1 unspecified atom stereocenters. The van der Waals surface area contributed by atoms with Crippen LogP contribution >= 0.6 is 0 Å². The largest absolute Gasteiger partial charge is 0.361 e. The Morgan fingerprint density at radius 2 is 2.45 bits per heavy atom. The number of nitrogens with two attached hydrogens (primary N) is 1. The molecular weight excluding hydrogens is 140 g/mol. The molecule has 0 aromatic carbocycles. The third kappa shape index (κ3) is 0.554. The van der Waals surface area contributed by atoms with Gasteiger partial charge in [-0.25, -0.2) is 0 Å². The molecule has 3 heteroatoms. The van der Waals surface area contributed by atoms with Gasteiger partial charge in [-0.1, -0.05) is 5.16 Å². The molecule has 0 radical (unpaired) electrons. The maximum absolute atomic E-state index is 6.03. The molecule has 1 aromatic heterocycles. The third-order valence-corrected chi connectivity index (χ3v) is 3.08. The summed E-state index contributed by atoms with van der Waals surface area (Å²) < 4.78 is 5.09. The van der Waals surface area contributed by atoms with Gasteiger partial charge in [-0.3, -0.25) is 0 Å². The molecule has 2 aliphatic carbocycles. The van der Waals surface area contributed by atoms with Gasteiger partial charge in [0.05, 0.1) is 6.20 Å². The molecule has 0 bridgehead atoms. The monoisotopic (exact) mass is 150 g/mol. The van der Waals surface area contributed by atoms with Crippen molar-refractivity contribution in [2.75, 3.05) is 0 Å². The molecule has 1 spiro atoms. The zero-order valence-electron chi connectivity index (χ0n) is 6.21. The molecular formula is C8H10N2O. The van der Waals surface area contributed by atoms with Crippen molar-refractivity contribution in [3.05, 3.63) is 17.5 Å². The average molecular weight is 150 g/mol. The predicted octanol–water partition coefficient (Wildman–Crippen LogP) is 1.01. The summed E-state index contributed by atoms with van der Waals surface area (Å²) in [5.41, 5.74) is 7.56. The Kier molecular flexibility index (Phi) is 0.790.